The quantitative estimate of drug-likeness (QED) is 0.145. The van der Waals surface area contributed by atoms with Crippen molar-refractivity contribution < 1.29 is 0 Å². The summed E-state index contributed by atoms with van der Waals surface area (Å²) in [5.74, 6) is 0.360. The number of hydrogen-bond acceptors (Lipinski definition) is 0. The normalized spacial score (nSPS) is 14.9. The fourth-order valence-corrected chi connectivity index (χ4v) is 9.15. The molecule has 0 saturated heterocycles. The fraction of sp³-hybridized carbons (Fsp3) is 0.127. The van der Waals surface area contributed by atoms with Gasteiger partial charge in [-0.1, -0.05) is 189 Å². The smallest absolute Gasteiger partial charge is 0.00205 e. The van der Waals surface area contributed by atoms with E-state index in [-0.39, 0.29) is 0 Å². The van der Waals surface area contributed by atoms with Crippen LogP contribution in [0.5, 0.6) is 0 Å². The molecule has 1 atom stereocenters. The molecule has 0 radical (unpaired) electrons. The molecule has 1 unspecified atom stereocenters. The van der Waals surface area contributed by atoms with Gasteiger partial charge in [-0.2, -0.15) is 0 Å². The van der Waals surface area contributed by atoms with Crippen LogP contribution in [0.3, 0.4) is 0 Å². The molecular formula is C55H46. The topological polar surface area (TPSA) is 0 Å². The molecule has 7 aromatic carbocycles. The van der Waals surface area contributed by atoms with Gasteiger partial charge in [-0.25, -0.2) is 0 Å². The van der Waals surface area contributed by atoms with Crippen molar-refractivity contribution in [2.75, 3.05) is 0 Å². The van der Waals surface area contributed by atoms with Crippen molar-refractivity contribution in [2.45, 2.75) is 46.0 Å². The Morgan fingerprint density at radius 2 is 1.04 bits per heavy atom. The Morgan fingerprint density at radius 1 is 0.509 bits per heavy atom. The van der Waals surface area contributed by atoms with Gasteiger partial charge in [0.1, 0.15) is 0 Å². The van der Waals surface area contributed by atoms with E-state index in [2.05, 4.69) is 203 Å². The molecule has 0 saturated carbocycles. The predicted octanol–water partition coefficient (Wildman–Crippen LogP) is 15.6. The van der Waals surface area contributed by atoms with Gasteiger partial charge < -0.3 is 0 Å². The highest BCUT2D eigenvalue weighted by atomic mass is 14.3. The van der Waals surface area contributed by atoms with E-state index >= 15 is 0 Å². The summed E-state index contributed by atoms with van der Waals surface area (Å²) in [6, 6.07) is 49.1. The Bertz CT molecular complexity index is 2650. The Labute approximate surface area is 326 Å². The van der Waals surface area contributed by atoms with Crippen molar-refractivity contribution in [1.29, 1.82) is 0 Å². The first-order chi connectivity index (χ1) is 27.1. The van der Waals surface area contributed by atoms with Gasteiger partial charge in [-0.3, -0.25) is 0 Å². The van der Waals surface area contributed by atoms with Crippen LogP contribution in [0.4, 0.5) is 0 Å². The molecule has 9 rings (SSSR count). The van der Waals surface area contributed by atoms with Crippen LogP contribution < -0.4 is 0 Å². The van der Waals surface area contributed by atoms with Crippen LogP contribution in [0.2, 0.25) is 0 Å². The zero-order chi connectivity index (χ0) is 37.3. The number of allylic oxidation sites excluding steroid dienone is 5. The molecule has 0 N–H and O–H groups in total. The molecule has 266 valence electrons. The minimum Gasteiger partial charge on any atom is -0.0877 e. The van der Waals surface area contributed by atoms with Gasteiger partial charge in [-0.15, -0.1) is 0 Å². The minimum atomic E-state index is 0.360. The second-order valence-electron chi connectivity index (χ2n) is 15.1. The summed E-state index contributed by atoms with van der Waals surface area (Å²) in [5.41, 5.74) is 21.3. The molecule has 55 heavy (non-hydrogen) atoms. The summed E-state index contributed by atoms with van der Waals surface area (Å²) >= 11 is 0. The van der Waals surface area contributed by atoms with Gasteiger partial charge in [0.15, 0.2) is 0 Å². The molecule has 0 aliphatic heterocycles. The molecule has 0 spiro atoms. The van der Waals surface area contributed by atoms with Crippen LogP contribution >= 0.6 is 0 Å². The van der Waals surface area contributed by atoms with E-state index in [1.807, 2.05) is 0 Å². The highest BCUT2D eigenvalue weighted by molar-refractivity contribution is 6.12. The highest BCUT2D eigenvalue weighted by Crippen LogP contribution is 2.52. The highest BCUT2D eigenvalue weighted by Gasteiger charge is 2.30. The van der Waals surface area contributed by atoms with E-state index in [0.29, 0.717) is 5.92 Å². The number of rotatable bonds is 7. The number of fused-ring (bicyclic) bond motifs is 3. The van der Waals surface area contributed by atoms with E-state index in [0.717, 1.165) is 19.3 Å². The lowest BCUT2D eigenvalue weighted by atomic mass is 9.72. The van der Waals surface area contributed by atoms with Gasteiger partial charge in [0.25, 0.3) is 0 Å². The molecule has 0 bridgehead atoms. The van der Waals surface area contributed by atoms with E-state index in [4.69, 9.17) is 0 Å². The average molecular weight is 707 g/mol. The number of hydrogen-bond donors (Lipinski definition) is 0. The third-order valence-electron chi connectivity index (χ3n) is 11.7. The van der Waals surface area contributed by atoms with Gasteiger partial charge in [-0.05, 0) is 139 Å². The first-order valence-electron chi connectivity index (χ1n) is 19.8. The monoisotopic (exact) mass is 706 g/mol. The van der Waals surface area contributed by atoms with Crippen LogP contribution in [-0.4, -0.2) is 0 Å². The molecule has 0 fully saturated rings. The van der Waals surface area contributed by atoms with Crippen LogP contribution in [-0.2, 0) is 6.42 Å². The van der Waals surface area contributed by atoms with Gasteiger partial charge in [0.05, 0.1) is 0 Å². The van der Waals surface area contributed by atoms with Crippen LogP contribution in [0.15, 0.2) is 164 Å². The van der Waals surface area contributed by atoms with Crippen LogP contribution in [0, 0.1) is 6.92 Å². The molecule has 0 aromatic heterocycles. The Hall–Kier alpha value is -6.24. The third kappa shape index (κ3) is 6.22. The summed E-state index contributed by atoms with van der Waals surface area (Å²) in [7, 11) is 0. The molecule has 0 nitrogen and oxygen atoms in total. The molecule has 2 aliphatic carbocycles. The first kappa shape index (κ1) is 34.5. The standard InChI is InChI=1S/C55H46/c1-4-5-8-23-45-38(3)52(43-33-29-41(30-34-43)39-19-9-6-10-20-39)50-28-17-18-37(2)51(50)55(45)54-48-26-15-13-24-46(48)53(47-25-14-16-27-49(47)54)44-35-31-42(32-36-44)40-21-11-7-12-22-40/h4-13,15-17,19-24,26-37H,14,18,25H2,1-3H3/b5-4-,23-8-. The summed E-state index contributed by atoms with van der Waals surface area (Å²) < 4.78 is 0. The predicted molar refractivity (Wildman–Crippen MR) is 239 cm³/mol. The van der Waals surface area contributed by atoms with Gasteiger partial charge >= 0.3 is 0 Å². The SMILES string of the molecule is C/C=C\C=C/c1c(C)c(-c2ccc(-c3ccccc3)cc2)c2c(c1-c1c3c(c(-c4ccc(-c5ccccc5)cc4)c4ccccc14)CCC=C3)C(C)CC=C2. The zero-order valence-electron chi connectivity index (χ0n) is 32.0. The maximum atomic E-state index is 2.43. The van der Waals surface area contributed by atoms with Crippen molar-refractivity contribution in [3.63, 3.8) is 0 Å². The van der Waals surface area contributed by atoms with Crippen molar-refractivity contribution in [1.82, 2.24) is 0 Å². The lowest BCUT2D eigenvalue weighted by Crippen LogP contribution is -2.11. The Kier molecular flexibility index (Phi) is 9.34. The maximum absolute atomic E-state index is 2.43. The largest absolute Gasteiger partial charge is 0.0877 e. The molecule has 2 aliphatic rings. The minimum absolute atomic E-state index is 0.360. The summed E-state index contributed by atoms with van der Waals surface area (Å²) in [6.45, 7) is 6.87. The zero-order valence-corrected chi connectivity index (χ0v) is 32.0. The fourth-order valence-electron chi connectivity index (χ4n) is 9.15. The van der Waals surface area contributed by atoms with E-state index in [1.165, 1.54) is 99.8 Å². The van der Waals surface area contributed by atoms with E-state index in [1.54, 1.807) is 0 Å². The lowest BCUT2D eigenvalue weighted by Gasteiger charge is -2.32. The van der Waals surface area contributed by atoms with Crippen LogP contribution in [0.1, 0.15) is 66.0 Å². The van der Waals surface area contributed by atoms with Crippen molar-refractivity contribution in [3.05, 3.63) is 197 Å². The average Bonchev–Trinajstić information content (AvgIpc) is 3.24. The van der Waals surface area contributed by atoms with Gasteiger partial charge in [0.2, 0.25) is 0 Å². The second kappa shape index (κ2) is 14.9. The molecule has 0 amide bonds. The molecule has 0 heterocycles. The summed E-state index contributed by atoms with van der Waals surface area (Å²) in [6.07, 6.45) is 21.6. The Balaban J connectivity index is 1.32. The molecule has 0 heteroatoms. The van der Waals surface area contributed by atoms with Gasteiger partial charge in [0, 0.05) is 0 Å². The summed E-state index contributed by atoms with van der Waals surface area (Å²) in [5, 5.41) is 2.65. The summed E-state index contributed by atoms with van der Waals surface area (Å²) in [4.78, 5) is 0. The van der Waals surface area contributed by atoms with E-state index in [9.17, 15) is 0 Å². The third-order valence-corrected chi connectivity index (χ3v) is 11.7. The Morgan fingerprint density at radius 3 is 1.65 bits per heavy atom. The van der Waals surface area contributed by atoms with Crippen LogP contribution in [0.25, 0.3) is 84.6 Å². The second-order valence-corrected chi connectivity index (χ2v) is 15.1. The van der Waals surface area contributed by atoms with Crippen molar-refractivity contribution in [3.8, 4) is 55.6 Å². The lowest BCUT2D eigenvalue weighted by molar-refractivity contribution is 0.773. The molecular weight excluding hydrogens is 661 g/mol. The van der Waals surface area contributed by atoms with Crippen molar-refractivity contribution in [2.24, 2.45) is 0 Å². The maximum Gasteiger partial charge on any atom is -0.00205 e. The molecule has 7 aromatic rings. The number of benzene rings is 7. The van der Waals surface area contributed by atoms with Crippen molar-refractivity contribution >= 4 is 29.0 Å². The first-order valence-corrected chi connectivity index (χ1v) is 19.8. The van der Waals surface area contributed by atoms with E-state index < -0.39 is 0 Å².